The zero-order chi connectivity index (χ0) is 16.1. The Morgan fingerprint density at radius 3 is 2.64 bits per heavy atom. The largest absolute Gasteiger partial charge is 0.444 e. The Labute approximate surface area is 140 Å². The van der Waals surface area contributed by atoms with Crippen LogP contribution in [0.25, 0.3) is 0 Å². The number of methoxy groups -OCH3 is 1. The first-order valence-electron chi connectivity index (χ1n) is 7.11. The van der Waals surface area contributed by atoms with Gasteiger partial charge in [-0.15, -0.1) is 0 Å². The first kappa shape index (κ1) is 17.3. The van der Waals surface area contributed by atoms with E-state index in [0.717, 1.165) is 23.4 Å². The summed E-state index contributed by atoms with van der Waals surface area (Å²) in [6, 6.07) is 5.74. The van der Waals surface area contributed by atoms with Crippen LogP contribution in [0.5, 0.6) is 0 Å². The van der Waals surface area contributed by atoms with Crippen molar-refractivity contribution in [2.24, 2.45) is 0 Å². The van der Waals surface area contributed by atoms with Gasteiger partial charge in [-0.05, 0) is 38.0 Å². The van der Waals surface area contributed by atoms with Crippen molar-refractivity contribution in [3.05, 3.63) is 51.2 Å². The van der Waals surface area contributed by atoms with E-state index in [-0.39, 0.29) is 6.04 Å². The van der Waals surface area contributed by atoms with E-state index in [9.17, 15) is 0 Å². The summed E-state index contributed by atoms with van der Waals surface area (Å²) < 4.78 is 10.8. The first-order chi connectivity index (χ1) is 10.5. The second kappa shape index (κ2) is 7.97. The molecule has 2 aromatic rings. The number of ether oxygens (including phenoxy) is 1. The van der Waals surface area contributed by atoms with E-state index in [1.807, 2.05) is 26.0 Å². The van der Waals surface area contributed by atoms with E-state index in [0.29, 0.717) is 29.1 Å². The molecule has 0 aliphatic rings. The van der Waals surface area contributed by atoms with Crippen molar-refractivity contribution in [1.82, 2.24) is 10.3 Å². The number of nitrogens with one attached hydrogen (secondary N) is 1. The maximum Gasteiger partial charge on any atom is 0.208 e. The van der Waals surface area contributed by atoms with Gasteiger partial charge in [0, 0.05) is 19.8 Å². The average molecular weight is 343 g/mol. The molecule has 0 amide bonds. The van der Waals surface area contributed by atoms with E-state index < -0.39 is 0 Å². The number of aromatic nitrogens is 1. The number of hydrogen-bond acceptors (Lipinski definition) is 4. The zero-order valence-corrected chi connectivity index (χ0v) is 14.5. The molecule has 0 radical (unpaired) electrons. The number of hydrogen-bond donors (Lipinski definition) is 1. The van der Waals surface area contributed by atoms with Gasteiger partial charge >= 0.3 is 0 Å². The summed E-state index contributed by atoms with van der Waals surface area (Å²) in [4.78, 5) is 4.38. The fourth-order valence-electron chi connectivity index (χ4n) is 2.18. The van der Waals surface area contributed by atoms with Gasteiger partial charge < -0.3 is 14.5 Å². The predicted octanol–water partition coefficient (Wildman–Crippen LogP) is 4.47. The average Bonchev–Trinajstić information content (AvgIpc) is 2.81. The molecule has 120 valence electrons. The van der Waals surface area contributed by atoms with Crippen LogP contribution in [-0.2, 0) is 11.3 Å². The van der Waals surface area contributed by atoms with Gasteiger partial charge in [0.25, 0.3) is 0 Å². The summed E-state index contributed by atoms with van der Waals surface area (Å²) in [5, 5.41) is 4.53. The van der Waals surface area contributed by atoms with Crippen molar-refractivity contribution in [2.75, 3.05) is 13.7 Å². The minimum Gasteiger partial charge on any atom is -0.444 e. The summed E-state index contributed by atoms with van der Waals surface area (Å²) in [5.74, 6) is 1.53. The standard InChI is InChI=1S/C16H20Cl2N2O2/c1-10-11(2)22-16(20-10)9-19-15(6-7-21-3)12-4-5-13(17)14(18)8-12/h4-5,8,15,19H,6-7,9H2,1-3H3/t15-/m1/s1. The van der Waals surface area contributed by atoms with Crippen LogP contribution in [0.4, 0.5) is 0 Å². The van der Waals surface area contributed by atoms with Crippen LogP contribution in [0, 0.1) is 13.8 Å². The fraction of sp³-hybridized carbons (Fsp3) is 0.438. The Balaban J connectivity index is 2.09. The van der Waals surface area contributed by atoms with E-state index in [1.54, 1.807) is 13.2 Å². The smallest absolute Gasteiger partial charge is 0.208 e. The molecule has 0 bridgehead atoms. The highest BCUT2D eigenvalue weighted by atomic mass is 35.5. The maximum atomic E-state index is 6.11. The summed E-state index contributed by atoms with van der Waals surface area (Å²) in [7, 11) is 1.69. The lowest BCUT2D eigenvalue weighted by Gasteiger charge is -2.18. The highest BCUT2D eigenvalue weighted by molar-refractivity contribution is 6.42. The molecule has 0 aliphatic carbocycles. The normalized spacial score (nSPS) is 12.6. The molecule has 0 unspecified atom stereocenters. The lowest BCUT2D eigenvalue weighted by atomic mass is 10.0. The predicted molar refractivity (Wildman–Crippen MR) is 88.5 cm³/mol. The van der Waals surface area contributed by atoms with Gasteiger partial charge in [-0.1, -0.05) is 29.3 Å². The van der Waals surface area contributed by atoms with Crippen LogP contribution in [0.3, 0.4) is 0 Å². The van der Waals surface area contributed by atoms with Gasteiger partial charge in [-0.2, -0.15) is 0 Å². The number of halogens is 2. The molecule has 4 nitrogen and oxygen atoms in total. The van der Waals surface area contributed by atoms with Gasteiger partial charge in [-0.25, -0.2) is 4.98 Å². The van der Waals surface area contributed by atoms with Crippen LogP contribution in [-0.4, -0.2) is 18.7 Å². The number of aryl methyl sites for hydroxylation is 2. The van der Waals surface area contributed by atoms with Crippen LogP contribution < -0.4 is 5.32 Å². The lowest BCUT2D eigenvalue weighted by Crippen LogP contribution is -2.22. The molecule has 1 aromatic carbocycles. The molecule has 0 fully saturated rings. The van der Waals surface area contributed by atoms with Gasteiger partial charge in [0.1, 0.15) is 5.76 Å². The second-order valence-electron chi connectivity index (χ2n) is 5.14. The number of oxazole rings is 1. The number of nitrogens with zero attached hydrogens (tertiary/aromatic N) is 1. The molecule has 1 heterocycles. The summed E-state index contributed by atoms with van der Waals surface area (Å²) in [6.45, 7) is 5.03. The second-order valence-corrected chi connectivity index (χ2v) is 5.95. The van der Waals surface area contributed by atoms with E-state index >= 15 is 0 Å². The van der Waals surface area contributed by atoms with Crippen molar-refractivity contribution in [3.63, 3.8) is 0 Å². The molecule has 1 N–H and O–H groups in total. The Morgan fingerprint density at radius 2 is 2.05 bits per heavy atom. The minimum atomic E-state index is 0.0854. The van der Waals surface area contributed by atoms with Crippen molar-refractivity contribution < 1.29 is 9.15 Å². The molecule has 0 spiro atoms. The fourth-order valence-corrected chi connectivity index (χ4v) is 2.48. The maximum absolute atomic E-state index is 6.11. The molecule has 22 heavy (non-hydrogen) atoms. The number of rotatable bonds is 7. The molecule has 1 atom stereocenters. The Hall–Kier alpha value is -1.07. The van der Waals surface area contributed by atoms with Crippen LogP contribution in [0.2, 0.25) is 10.0 Å². The summed E-state index contributed by atoms with van der Waals surface area (Å²) in [5.41, 5.74) is 1.98. The van der Waals surface area contributed by atoms with Gasteiger partial charge in [-0.3, -0.25) is 0 Å². The lowest BCUT2D eigenvalue weighted by molar-refractivity contribution is 0.182. The highest BCUT2D eigenvalue weighted by Crippen LogP contribution is 2.27. The Morgan fingerprint density at radius 1 is 1.27 bits per heavy atom. The van der Waals surface area contributed by atoms with Crippen molar-refractivity contribution in [1.29, 1.82) is 0 Å². The van der Waals surface area contributed by atoms with E-state index in [4.69, 9.17) is 32.4 Å². The monoisotopic (exact) mass is 342 g/mol. The van der Waals surface area contributed by atoms with Gasteiger partial charge in [0.2, 0.25) is 5.89 Å². The van der Waals surface area contributed by atoms with Crippen molar-refractivity contribution in [3.8, 4) is 0 Å². The van der Waals surface area contributed by atoms with Crippen LogP contribution >= 0.6 is 23.2 Å². The minimum absolute atomic E-state index is 0.0854. The van der Waals surface area contributed by atoms with Crippen molar-refractivity contribution >= 4 is 23.2 Å². The topological polar surface area (TPSA) is 47.3 Å². The Kier molecular flexibility index (Phi) is 6.26. The summed E-state index contributed by atoms with van der Waals surface area (Å²) >= 11 is 12.1. The SMILES string of the molecule is COCC[C@@H](NCc1nc(C)c(C)o1)c1ccc(Cl)c(Cl)c1. The zero-order valence-electron chi connectivity index (χ0n) is 13.0. The molecule has 1 aromatic heterocycles. The van der Waals surface area contributed by atoms with E-state index in [2.05, 4.69) is 10.3 Å². The number of benzene rings is 1. The third-order valence-corrected chi connectivity index (χ3v) is 4.27. The van der Waals surface area contributed by atoms with Crippen molar-refractivity contribution in [2.45, 2.75) is 32.9 Å². The third kappa shape index (κ3) is 4.46. The molecular weight excluding hydrogens is 323 g/mol. The van der Waals surface area contributed by atoms with Crippen LogP contribution in [0.1, 0.15) is 35.4 Å². The molecule has 0 aliphatic heterocycles. The molecule has 0 saturated carbocycles. The van der Waals surface area contributed by atoms with E-state index in [1.165, 1.54) is 0 Å². The van der Waals surface area contributed by atoms with Gasteiger partial charge in [0.05, 0.1) is 22.3 Å². The first-order valence-corrected chi connectivity index (χ1v) is 7.87. The molecular formula is C16H20Cl2N2O2. The van der Waals surface area contributed by atoms with Gasteiger partial charge in [0.15, 0.2) is 0 Å². The van der Waals surface area contributed by atoms with Crippen LogP contribution in [0.15, 0.2) is 22.6 Å². The Bertz CT molecular complexity index is 609. The highest BCUT2D eigenvalue weighted by Gasteiger charge is 2.14. The molecule has 6 heteroatoms. The molecule has 0 saturated heterocycles. The summed E-state index contributed by atoms with van der Waals surface area (Å²) in [6.07, 6.45) is 0.813. The molecule has 2 rings (SSSR count). The third-order valence-electron chi connectivity index (χ3n) is 3.53. The quantitative estimate of drug-likeness (QED) is 0.806.